The van der Waals surface area contributed by atoms with Crippen molar-refractivity contribution in [1.82, 2.24) is 14.3 Å². The second kappa shape index (κ2) is 12.8. The van der Waals surface area contributed by atoms with Gasteiger partial charge in [-0.15, -0.1) is 0 Å². The van der Waals surface area contributed by atoms with E-state index in [9.17, 15) is 21.9 Å². The average molecular weight is 586 g/mol. The van der Waals surface area contributed by atoms with Crippen molar-refractivity contribution in [3.8, 4) is 0 Å². The molecule has 1 aromatic carbocycles. The van der Waals surface area contributed by atoms with E-state index in [0.29, 0.717) is 25.3 Å². The summed E-state index contributed by atoms with van der Waals surface area (Å²) in [5.41, 5.74) is 0.552. The molecule has 11 nitrogen and oxygen atoms in total. The Bertz CT molecular complexity index is 1270. The molecule has 1 aliphatic heterocycles. The lowest BCUT2D eigenvalue weighted by atomic mass is 10.2. The maximum Gasteiger partial charge on any atom is 0.307 e. The largest absolute Gasteiger partial charge is 0.394 e. The first kappa shape index (κ1) is 30.4. The van der Waals surface area contributed by atoms with Gasteiger partial charge in [0.1, 0.15) is 12.5 Å². The number of hydrogen-bond donors (Lipinski definition) is 2. The van der Waals surface area contributed by atoms with Crippen molar-refractivity contribution in [2.75, 3.05) is 42.7 Å². The number of sulfone groups is 1. The van der Waals surface area contributed by atoms with Crippen LogP contribution in [-0.2, 0) is 30.5 Å². The fraction of sp³-hybridized carbons (Fsp3) is 0.583. The maximum absolute atomic E-state index is 13.7. The van der Waals surface area contributed by atoms with Crippen LogP contribution < -0.4 is 9.62 Å². The molecule has 38 heavy (non-hydrogen) atoms. The van der Waals surface area contributed by atoms with Gasteiger partial charge < -0.3 is 15.2 Å². The van der Waals surface area contributed by atoms with Gasteiger partial charge in [-0.1, -0.05) is 50.0 Å². The minimum atomic E-state index is -4.05. The fourth-order valence-corrected chi connectivity index (χ4v) is 7.27. The van der Waals surface area contributed by atoms with E-state index in [4.69, 9.17) is 4.74 Å². The Morgan fingerprint density at radius 2 is 1.76 bits per heavy atom. The van der Waals surface area contributed by atoms with Gasteiger partial charge in [0.05, 0.1) is 12.4 Å². The predicted octanol–water partition coefficient (Wildman–Crippen LogP) is 2.70. The Balaban J connectivity index is 2.04. The van der Waals surface area contributed by atoms with Crippen LogP contribution in [0.1, 0.15) is 25.3 Å². The first-order chi connectivity index (χ1) is 17.8. The van der Waals surface area contributed by atoms with Crippen molar-refractivity contribution in [1.29, 1.82) is 0 Å². The number of aromatic nitrogens is 2. The maximum atomic E-state index is 13.7. The van der Waals surface area contributed by atoms with Gasteiger partial charge in [-0.2, -0.15) is 17.7 Å². The first-order valence-electron chi connectivity index (χ1n) is 12.7. The number of anilines is 2. The Morgan fingerprint density at radius 1 is 1.11 bits per heavy atom. The van der Waals surface area contributed by atoms with E-state index >= 15 is 0 Å². The molecule has 1 atom stereocenters. The molecule has 2 aromatic rings. The van der Waals surface area contributed by atoms with Crippen LogP contribution in [0.25, 0.3) is 0 Å². The SMILES string of the molecule is C[C@H](CO)Nc1cc(N(COCC[Si](C)(C)C)S(=O)(=O)N2CCCC2)nc(S(=O)(=O)Cc2ccccc2)n1. The third-order valence-corrected chi connectivity index (χ3v) is 11.0. The van der Waals surface area contributed by atoms with Gasteiger partial charge in [-0.25, -0.2) is 17.7 Å². The quantitative estimate of drug-likeness (QED) is 0.148. The molecule has 0 unspecified atom stereocenters. The average Bonchev–Trinajstić information content (AvgIpc) is 3.39. The van der Waals surface area contributed by atoms with Gasteiger partial charge in [-0.3, -0.25) is 0 Å². The first-order valence-corrected chi connectivity index (χ1v) is 19.5. The molecule has 1 aromatic heterocycles. The van der Waals surface area contributed by atoms with Crippen molar-refractivity contribution in [3.63, 3.8) is 0 Å². The molecule has 0 bridgehead atoms. The Labute approximate surface area is 227 Å². The normalized spacial score (nSPS) is 15.9. The summed E-state index contributed by atoms with van der Waals surface area (Å²) >= 11 is 0. The summed E-state index contributed by atoms with van der Waals surface area (Å²) in [7, 11) is -9.51. The zero-order valence-electron chi connectivity index (χ0n) is 22.5. The summed E-state index contributed by atoms with van der Waals surface area (Å²) < 4.78 is 62.3. The summed E-state index contributed by atoms with van der Waals surface area (Å²) in [6, 6.07) is 10.4. The topological polar surface area (TPSA) is 142 Å². The van der Waals surface area contributed by atoms with Crippen LogP contribution >= 0.6 is 0 Å². The van der Waals surface area contributed by atoms with Gasteiger partial charge >= 0.3 is 10.2 Å². The lowest BCUT2D eigenvalue weighted by Crippen LogP contribution is -2.44. The molecule has 0 amide bonds. The molecule has 0 saturated carbocycles. The lowest BCUT2D eigenvalue weighted by molar-refractivity contribution is 0.155. The molecular weight excluding hydrogens is 547 g/mol. The summed E-state index contributed by atoms with van der Waals surface area (Å²) in [5.74, 6) is -0.371. The Hall–Kier alpha value is -2.10. The van der Waals surface area contributed by atoms with Crippen LogP contribution in [0.4, 0.5) is 11.6 Å². The molecule has 1 saturated heterocycles. The van der Waals surface area contributed by atoms with Gasteiger partial charge in [-0.05, 0) is 31.4 Å². The van der Waals surface area contributed by atoms with E-state index in [-0.39, 0.29) is 30.7 Å². The lowest BCUT2D eigenvalue weighted by Gasteiger charge is -2.29. The number of ether oxygens (including phenoxy) is 1. The summed E-state index contributed by atoms with van der Waals surface area (Å²) in [6.07, 6.45) is 1.48. The van der Waals surface area contributed by atoms with Crippen LogP contribution in [0.3, 0.4) is 0 Å². The smallest absolute Gasteiger partial charge is 0.307 e. The van der Waals surface area contributed by atoms with Crippen molar-refractivity contribution >= 4 is 39.8 Å². The van der Waals surface area contributed by atoms with Crippen LogP contribution in [-0.4, -0.2) is 83.4 Å². The summed E-state index contributed by atoms with van der Waals surface area (Å²) in [6.45, 7) is 8.84. The highest BCUT2D eigenvalue weighted by Crippen LogP contribution is 2.26. The molecule has 3 rings (SSSR count). The van der Waals surface area contributed by atoms with E-state index in [1.807, 2.05) is 0 Å². The molecule has 0 spiro atoms. The predicted molar refractivity (Wildman–Crippen MR) is 151 cm³/mol. The highest BCUT2D eigenvalue weighted by Gasteiger charge is 2.34. The van der Waals surface area contributed by atoms with Crippen LogP contribution in [0, 0.1) is 0 Å². The highest BCUT2D eigenvalue weighted by atomic mass is 32.2. The summed E-state index contributed by atoms with van der Waals surface area (Å²) in [4.78, 5) is 8.44. The van der Waals surface area contributed by atoms with Gasteiger partial charge in [0.2, 0.25) is 9.84 Å². The molecule has 1 aliphatic rings. The monoisotopic (exact) mass is 585 g/mol. The van der Waals surface area contributed by atoms with E-state index < -0.39 is 39.3 Å². The van der Waals surface area contributed by atoms with Crippen LogP contribution in [0.5, 0.6) is 0 Å². The number of nitrogens with one attached hydrogen (secondary N) is 1. The van der Waals surface area contributed by atoms with Crippen molar-refractivity contribution in [2.24, 2.45) is 0 Å². The minimum Gasteiger partial charge on any atom is -0.394 e. The number of aliphatic hydroxyl groups is 1. The third-order valence-electron chi connectivity index (χ3n) is 5.97. The van der Waals surface area contributed by atoms with E-state index in [1.54, 1.807) is 37.3 Å². The van der Waals surface area contributed by atoms with Crippen molar-refractivity contribution < 1.29 is 26.7 Å². The van der Waals surface area contributed by atoms with Crippen molar-refractivity contribution in [3.05, 3.63) is 42.0 Å². The molecule has 212 valence electrons. The fourth-order valence-electron chi connectivity index (χ4n) is 3.74. The minimum absolute atomic E-state index is 0.0897. The van der Waals surface area contributed by atoms with Gasteiger partial charge in [0, 0.05) is 39.9 Å². The number of rotatable bonds is 14. The molecule has 0 aliphatic carbocycles. The molecule has 2 heterocycles. The van der Waals surface area contributed by atoms with Crippen LogP contribution in [0.2, 0.25) is 25.7 Å². The third kappa shape index (κ3) is 8.45. The Morgan fingerprint density at radius 3 is 2.37 bits per heavy atom. The zero-order valence-corrected chi connectivity index (χ0v) is 25.1. The molecule has 14 heteroatoms. The zero-order chi connectivity index (χ0) is 28.0. The molecule has 1 fully saturated rings. The highest BCUT2D eigenvalue weighted by molar-refractivity contribution is 7.90. The standard InChI is InChI=1S/C24H39N5O6S2Si/c1-20(17-30)25-22-16-23(27-24(26-22)36(31,32)18-21-10-6-5-7-11-21)29(19-35-14-15-38(2,3)4)37(33,34)28-12-8-9-13-28/h5-7,10-11,16,20,30H,8-9,12-15,17-19H2,1-4H3,(H,25,26,27)/t20-/m1/s1. The van der Waals surface area contributed by atoms with E-state index in [2.05, 4.69) is 34.9 Å². The number of hydrogen-bond acceptors (Lipinski definition) is 9. The number of nitrogens with zero attached hydrogens (tertiary/aromatic N) is 4. The van der Waals surface area contributed by atoms with Crippen molar-refractivity contribution in [2.45, 2.75) is 62.4 Å². The molecular formula is C24H39N5O6S2Si. The number of aliphatic hydroxyl groups excluding tert-OH is 1. The molecule has 2 N–H and O–H groups in total. The Kier molecular flexibility index (Phi) is 10.3. The van der Waals surface area contributed by atoms with Gasteiger partial charge in [0.25, 0.3) is 5.16 Å². The van der Waals surface area contributed by atoms with E-state index in [0.717, 1.165) is 23.2 Å². The van der Waals surface area contributed by atoms with Gasteiger partial charge in [0.15, 0.2) is 5.82 Å². The van der Waals surface area contributed by atoms with E-state index in [1.165, 1.54) is 10.4 Å². The second-order valence-electron chi connectivity index (χ2n) is 10.7. The summed E-state index contributed by atoms with van der Waals surface area (Å²) in [5, 5.41) is 12.0. The molecule has 0 radical (unpaired) electrons. The van der Waals surface area contributed by atoms with Crippen LogP contribution in [0.15, 0.2) is 41.6 Å². The number of benzene rings is 1. The second-order valence-corrected chi connectivity index (χ2v) is 20.0.